The van der Waals surface area contributed by atoms with Gasteiger partial charge in [-0.05, 0) is 30.3 Å². The number of carbonyl (C=O) groups excluding carboxylic acids is 2. The number of hydrogen-bond acceptors (Lipinski definition) is 3. The van der Waals surface area contributed by atoms with Crippen LogP contribution in [0.1, 0.15) is 10.4 Å². The molecule has 6 nitrogen and oxygen atoms in total. The number of pyridine rings is 1. The van der Waals surface area contributed by atoms with Gasteiger partial charge in [0.05, 0.1) is 0 Å². The molecule has 2 heterocycles. The molecule has 3 rings (SSSR count). The Morgan fingerprint density at radius 2 is 1.60 bits per heavy atom. The number of urea groups is 1. The van der Waals surface area contributed by atoms with E-state index in [0.717, 1.165) is 0 Å². The lowest BCUT2D eigenvalue weighted by Gasteiger charge is -2.34. The molecular weight excluding hydrogens is 363 g/mol. The summed E-state index contributed by atoms with van der Waals surface area (Å²) in [6.45, 7) is 1.77. The molecule has 1 fully saturated rings. The van der Waals surface area contributed by atoms with Gasteiger partial charge in [-0.2, -0.15) is 0 Å². The topological polar surface area (TPSA) is 65.5 Å². The highest BCUT2D eigenvalue weighted by atomic mass is 35.5. The lowest BCUT2D eigenvalue weighted by Crippen LogP contribution is -2.51. The van der Waals surface area contributed by atoms with Crippen LogP contribution in [0.4, 0.5) is 10.6 Å². The molecule has 1 saturated heterocycles. The number of benzene rings is 1. The van der Waals surface area contributed by atoms with Gasteiger partial charge in [-0.15, -0.1) is 0 Å². The van der Waals surface area contributed by atoms with Crippen LogP contribution >= 0.6 is 23.2 Å². The molecule has 1 aliphatic rings. The van der Waals surface area contributed by atoms with E-state index < -0.39 is 0 Å². The van der Waals surface area contributed by atoms with Crippen LogP contribution < -0.4 is 5.32 Å². The maximum absolute atomic E-state index is 12.6. The Morgan fingerprint density at radius 3 is 2.20 bits per heavy atom. The zero-order valence-electron chi connectivity index (χ0n) is 13.3. The van der Waals surface area contributed by atoms with Crippen molar-refractivity contribution in [3.8, 4) is 0 Å². The summed E-state index contributed by atoms with van der Waals surface area (Å²) in [4.78, 5) is 32.2. The molecule has 0 saturated carbocycles. The van der Waals surface area contributed by atoms with E-state index in [1.165, 1.54) is 0 Å². The predicted octanol–water partition coefficient (Wildman–Crippen LogP) is 3.38. The van der Waals surface area contributed by atoms with Gasteiger partial charge >= 0.3 is 6.03 Å². The molecule has 25 heavy (non-hydrogen) atoms. The maximum Gasteiger partial charge on any atom is 0.323 e. The second-order valence-electron chi connectivity index (χ2n) is 5.58. The van der Waals surface area contributed by atoms with Crippen molar-refractivity contribution in [2.24, 2.45) is 0 Å². The molecule has 0 atom stereocenters. The molecule has 0 bridgehead atoms. The highest BCUT2D eigenvalue weighted by Crippen LogP contribution is 2.20. The van der Waals surface area contributed by atoms with Gasteiger partial charge in [0.25, 0.3) is 5.91 Å². The van der Waals surface area contributed by atoms with Crippen LogP contribution in [-0.4, -0.2) is 52.9 Å². The van der Waals surface area contributed by atoms with Crippen molar-refractivity contribution in [1.29, 1.82) is 0 Å². The average molecular weight is 379 g/mol. The first-order chi connectivity index (χ1) is 12.0. The summed E-state index contributed by atoms with van der Waals surface area (Å²) >= 11 is 11.9. The Morgan fingerprint density at radius 1 is 0.960 bits per heavy atom. The third-order valence-corrected chi connectivity index (χ3v) is 4.30. The number of amides is 3. The first-order valence-electron chi connectivity index (χ1n) is 7.75. The van der Waals surface area contributed by atoms with E-state index in [9.17, 15) is 9.59 Å². The van der Waals surface area contributed by atoms with Crippen LogP contribution in [0.5, 0.6) is 0 Å². The molecular formula is C17H16Cl2N4O2. The lowest BCUT2D eigenvalue weighted by molar-refractivity contribution is 0.0671. The van der Waals surface area contributed by atoms with E-state index in [-0.39, 0.29) is 11.9 Å². The fourth-order valence-electron chi connectivity index (χ4n) is 2.60. The van der Waals surface area contributed by atoms with Crippen LogP contribution in [0.25, 0.3) is 0 Å². The molecule has 1 N–H and O–H groups in total. The molecule has 3 amide bonds. The summed E-state index contributed by atoms with van der Waals surface area (Å²) in [6, 6.07) is 9.85. The number of aromatic nitrogens is 1. The number of halogens is 2. The summed E-state index contributed by atoms with van der Waals surface area (Å²) in [5, 5.41) is 3.58. The average Bonchev–Trinajstić information content (AvgIpc) is 2.61. The van der Waals surface area contributed by atoms with Gasteiger partial charge in [0.15, 0.2) is 0 Å². The number of rotatable bonds is 2. The van der Waals surface area contributed by atoms with E-state index in [4.69, 9.17) is 23.2 Å². The Kier molecular flexibility index (Phi) is 5.40. The molecule has 130 valence electrons. The zero-order valence-corrected chi connectivity index (χ0v) is 14.8. The quantitative estimate of drug-likeness (QED) is 0.870. The normalized spacial score (nSPS) is 14.3. The summed E-state index contributed by atoms with van der Waals surface area (Å²) < 4.78 is 0. The van der Waals surface area contributed by atoms with Crippen LogP contribution in [0, 0.1) is 0 Å². The van der Waals surface area contributed by atoms with Crippen LogP contribution in [0.3, 0.4) is 0 Å². The second kappa shape index (κ2) is 7.72. The van der Waals surface area contributed by atoms with Gasteiger partial charge in [-0.3, -0.25) is 10.1 Å². The summed E-state index contributed by atoms with van der Waals surface area (Å²) in [5.41, 5.74) is 0.448. The van der Waals surface area contributed by atoms with Crippen LogP contribution in [0.15, 0.2) is 42.6 Å². The second-order valence-corrected chi connectivity index (χ2v) is 6.46. The Balaban J connectivity index is 1.58. The number of piperazine rings is 1. The SMILES string of the molecule is O=C(Nc1ccccn1)N1CCN(C(=O)c2cc(Cl)cc(Cl)c2)CC1. The number of nitrogens with zero attached hydrogens (tertiary/aromatic N) is 3. The van der Waals surface area contributed by atoms with E-state index in [0.29, 0.717) is 47.6 Å². The third-order valence-electron chi connectivity index (χ3n) is 3.86. The van der Waals surface area contributed by atoms with Gasteiger partial charge in [0.1, 0.15) is 5.82 Å². The van der Waals surface area contributed by atoms with E-state index in [1.54, 1.807) is 52.4 Å². The minimum atomic E-state index is -0.225. The largest absolute Gasteiger partial charge is 0.335 e. The molecule has 2 aromatic rings. The Hall–Kier alpha value is -2.31. The molecule has 0 aliphatic carbocycles. The smallest absolute Gasteiger partial charge is 0.323 e. The van der Waals surface area contributed by atoms with Gasteiger partial charge < -0.3 is 9.80 Å². The fraction of sp³-hybridized carbons (Fsp3) is 0.235. The van der Waals surface area contributed by atoms with E-state index in [2.05, 4.69) is 10.3 Å². The van der Waals surface area contributed by atoms with Crippen LogP contribution in [-0.2, 0) is 0 Å². The predicted molar refractivity (Wildman–Crippen MR) is 97.2 cm³/mol. The summed E-state index contributed by atoms with van der Waals surface area (Å²) in [5.74, 6) is 0.355. The maximum atomic E-state index is 12.6. The van der Waals surface area contributed by atoms with Crippen molar-refractivity contribution in [3.05, 3.63) is 58.2 Å². The standard InChI is InChI=1S/C17H16Cl2N4O2/c18-13-9-12(10-14(19)11-13)16(24)22-5-7-23(8-6-22)17(25)21-15-3-1-2-4-20-15/h1-4,9-11H,5-8H2,(H,20,21,25). The first kappa shape index (κ1) is 17.5. The number of hydrogen-bond donors (Lipinski definition) is 1. The number of anilines is 1. The lowest BCUT2D eigenvalue weighted by atomic mass is 10.2. The van der Waals surface area contributed by atoms with Crippen molar-refractivity contribution in [2.75, 3.05) is 31.5 Å². The molecule has 8 heteroatoms. The molecule has 0 radical (unpaired) electrons. The van der Waals surface area contributed by atoms with Crippen LogP contribution in [0.2, 0.25) is 10.0 Å². The van der Waals surface area contributed by atoms with Crippen molar-refractivity contribution in [1.82, 2.24) is 14.8 Å². The number of nitrogens with one attached hydrogen (secondary N) is 1. The summed E-state index contributed by atoms with van der Waals surface area (Å²) in [6.07, 6.45) is 1.61. The number of carbonyl (C=O) groups is 2. The summed E-state index contributed by atoms with van der Waals surface area (Å²) in [7, 11) is 0. The molecule has 1 aliphatic heterocycles. The molecule has 0 spiro atoms. The molecule has 1 aromatic heterocycles. The van der Waals surface area contributed by atoms with Gasteiger partial charge in [-0.25, -0.2) is 9.78 Å². The monoisotopic (exact) mass is 378 g/mol. The zero-order chi connectivity index (χ0) is 17.8. The molecule has 1 aromatic carbocycles. The van der Waals surface area contributed by atoms with E-state index >= 15 is 0 Å². The fourth-order valence-corrected chi connectivity index (χ4v) is 3.12. The highest BCUT2D eigenvalue weighted by molar-refractivity contribution is 6.35. The first-order valence-corrected chi connectivity index (χ1v) is 8.51. The minimum Gasteiger partial charge on any atom is -0.335 e. The Labute approximate surface area is 155 Å². The third kappa shape index (κ3) is 4.41. The minimum absolute atomic E-state index is 0.144. The van der Waals surface area contributed by atoms with Crippen molar-refractivity contribution >= 4 is 41.0 Å². The van der Waals surface area contributed by atoms with Crippen molar-refractivity contribution in [3.63, 3.8) is 0 Å². The van der Waals surface area contributed by atoms with Crippen molar-refractivity contribution in [2.45, 2.75) is 0 Å². The highest BCUT2D eigenvalue weighted by Gasteiger charge is 2.25. The molecule has 0 unspecified atom stereocenters. The van der Waals surface area contributed by atoms with Crippen molar-refractivity contribution < 1.29 is 9.59 Å². The Bertz CT molecular complexity index is 757. The van der Waals surface area contributed by atoms with Gasteiger partial charge in [0.2, 0.25) is 0 Å². The van der Waals surface area contributed by atoms with E-state index in [1.807, 2.05) is 0 Å². The van der Waals surface area contributed by atoms with Gasteiger partial charge in [-0.1, -0.05) is 29.3 Å². The van der Waals surface area contributed by atoms with Gasteiger partial charge in [0, 0.05) is 48.0 Å².